The molecule has 0 saturated heterocycles. The molecule has 4 rings (SSSR count). The smallest absolute Gasteiger partial charge is 0.326 e. The maximum Gasteiger partial charge on any atom is 0.326 e. The summed E-state index contributed by atoms with van der Waals surface area (Å²) >= 11 is 0. The van der Waals surface area contributed by atoms with Crippen LogP contribution in [0.4, 0.5) is 11.6 Å². The summed E-state index contributed by atoms with van der Waals surface area (Å²) in [6, 6.07) is 11.2. The summed E-state index contributed by atoms with van der Waals surface area (Å²) in [4.78, 5) is 27.6. The number of aliphatic carboxylic acids is 1. The van der Waals surface area contributed by atoms with Gasteiger partial charge in [0.2, 0.25) is 0 Å². The Bertz CT molecular complexity index is 1130. The van der Waals surface area contributed by atoms with E-state index in [2.05, 4.69) is 44.3 Å². The van der Waals surface area contributed by atoms with Gasteiger partial charge in [0, 0.05) is 23.7 Å². The number of nitrogens with zero attached hydrogens (tertiary/aromatic N) is 4. The number of para-hydroxylation sites is 1. The molecule has 1 aliphatic rings. The fourth-order valence-corrected chi connectivity index (χ4v) is 4.29. The van der Waals surface area contributed by atoms with Gasteiger partial charge in [0.15, 0.2) is 11.6 Å². The van der Waals surface area contributed by atoms with Crippen LogP contribution in [0.2, 0.25) is 0 Å². The summed E-state index contributed by atoms with van der Waals surface area (Å²) in [5, 5.41) is 17.1. The van der Waals surface area contributed by atoms with Gasteiger partial charge >= 0.3 is 5.97 Å². The highest BCUT2D eigenvalue weighted by Gasteiger charge is 2.21. The van der Waals surface area contributed by atoms with Gasteiger partial charge in [-0.3, -0.25) is 0 Å². The molecule has 3 heterocycles. The van der Waals surface area contributed by atoms with Crippen molar-refractivity contribution in [2.45, 2.75) is 51.6 Å². The van der Waals surface area contributed by atoms with Gasteiger partial charge in [-0.05, 0) is 70.3 Å². The van der Waals surface area contributed by atoms with Crippen molar-refractivity contribution < 1.29 is 14.6 Å². The standard InChI is InChI=1S/C26H34N6O3/c1-18(2)32(14-6-5-7-19-10-11-23-25(30-19)27-13-16-35-23)15-12-22(26(33)34)31-24-20-8-3-4-9-21(20)28-17-29-24/h3-4,8-11,17-18,22H,5-7,12-16H2,1-2H3,(H,27,30)(H,33,34)(H,28,29,31)/t22-/m0/s1. The number of carbonyl (C=O) groups is 1. The summed E-state index contributed by atoms with van der Waals surface area (Å²) in [5.41, 5.74) is 1.85. The first-order valence-corrected chi connectivity index (χ1v) is 12.3. The minimum atomic E-state index is -0.882. The molecular weight excluding hydrogens is 444 g/mol. The summed E-state index contributed by atoms with van der Waals surface area (Å²) in [7, 11) is 0. The molecular formula is C26H34N6O3. The van der Waals surface area contributed by atoms with Crippen molar-refractivity contribution in [2.75, 3.05) is 36.9 Å². The molecule has 9 heteroatoms. The van der Waals surface area contributed by atoms with E-state index in [0.717, 1.165) is 60.5 Å². The molecule has 0 amide bonds. The fraction of sp³-hybridized carbons (Fsp3) is 0.462. The Kier molecular flexibility index (Phi) is 8.31. The van der Waals surface area contributed by atoms with Gasteiger partial charge in [0.25, 0.3) is 0 Å². The second-order valence-electron chi connectivity index (χ2n) is 9.07. The van der Waals surface area contributed by atoms with Crippen LogP contribution in [0.15, 0.2) is 42.7 Å². The Morgan fingerprint density at radius 2 is 2.03 bits per heavy atom. The quantitative estimate of drug-likeness (QED) is 0.334. The normalized spacial score (nSPS) is 13.8. The van der Waals surface area contributed by atoms with E-state index in [9.17, 15) is 9.90 Å². The van der Waals surface area contributed by atoms with Crippen molar-refractivity contribution in [3.05, 3.63) is 48.4 Å². The Hall–Kier alpha value is -3.46. The number of nitrogens with one attached hydrogen (secondary N) is 2. The minimum Gasteiger partial charge on any atom is -0.488 e. The van der Waals surface area contributed by atoms with Crippen molar-refractivity contribution in [3.63, 3.8) is 0 Å². The van der Waals surface area contributed by atoms with Gasteiger partial charge in [-0.1, -0.05) is 12.1 Å². The molecule has 0 unspecified atom stereocenters. The predicted molar refractivity (Wildman–Crippen MR) is 137 cm³/mol. The molecule has 0 spiro atoms. The molecule has 0 fully saturated rings. The van der Waals surface area contributed by atoms with E-state index in [1.165, 1.54) is 6.33 Å². The zero-order chi connectivity index (χ0) is 24.6. The molecule has 0 bridgehead atoms. The van der Waals surface area contributed by atoms with Crippen LogP contribution in [0, 0.1) is 0 Å². The number of aromatic nitrogens is 3. The van der Waals surface area contributed by atoms with Crippen LogP contribution in [0.25, 0.3) is 10.9 Å². The van der Waals surface area contributed by atoms with Crippen molar-refractivity contribution in [1.29, 1.82) is 0 Å². The summed E-state index contributed by atoms with van der Waals surface area (Å²) in [5.74, 6) is 1.33. The van der Waals surface area contributed by atoms with Crippen LogP contribution < -0.4 is 15.4 Å². The van der Waals surface area contributed by atoms with Crippen molar-refractivity contribution >= 4 is 28.5 Å². The number of carboxylic acid groups (broad SMARTS) is 1. The van der Waals surface area contributed by atoms with Gasteiger partial charge < -0.3 is 25.4 Å². The number of hydrogen-bond acceptors (Lipinski definition) is 8. The number of pyridine rings is 1. The predicted octanol–water partition coefficient (Wildman–Crippen LogP) is 3.82. The maximum atomic E-state index is 12.0. The van der Waals surface area contributed by atoms with E-state index in [1.807, 2.05) is 36.4 Å². The first-order valence-electron chi connectivity index (χ1n) is 12.3. The number of rotatable bonds is 12. The number of anilines is 2. The highest BCUT2D eigenvalue weighted by molar-refractivity contribution is 5.90. The fourth-order valence-electron chi connectivity index (χ4n) is 4.29. The molecule has 1 aliphatic heterocycles. The number of carboxylic acids is 1. The van der Waals surface area contributed by atoms with E-state index >= 15 is 0 Å². The van der Waals surface area contributed by atoms with Crippen LogP contribution >= 0.6 is 0 Å². The van der Waals surface area contributed by atoms with Crippen LogP contribution in [0.1, 0.15) is 38.8 Å². The second kappa shape index (κ2) is 11.8. The largest absolute Gasteiger partial charge is 0.488 e. The Morgan fingerprint density at radius 1 is 1.17 bits per heavy atom. The molecule has 3 N–H and O–H groups in total. The molecule has 35 heavy (non-hydrogen) atoms. The minimum absolute atomic E-state index is 0.326. The average Bonchev–Trinajstić information content (AvgIpc) is 2.87. The van der Waals surface area contributed by atoms with Gasteiger partial charge in [0.1, 0.15) is 24.8 Å². The van der Waals surface area contributed by atoms with Gasteiger partial charge in [0.05, 0.1) is 12.1 Å². The molecule has 186 valence electrons. The number of aryl methyl sites for hydroxylation is 1. The lowest BCUT2D eigenvalue weighted by Crippen LogP contribution is -2.38. The number of unbranched alkanes of at least 4 members (excludes halogenated alkanes) is 1. The van der Waals surface area contributed by atoms with Gasteiger partial charge in [-0.25, -0.2) is 19.7 Å². The first-order chi connectivity index (χ1) is 17.0. The lowest BCUT2D eigenvalue weighted by atomic mass is 10.1. The van der Waals surface area contributed by atoms with Crippen LogP contribution in [0.3, 0.4) is 0 Å². The van der Waals surface area contributed by atoms with E-state index in [-0.39, 0.29) is 0 Å². The zero-order valence-electron chi connectivity index (χ0n) is 20.4. The van der Waals surface area contributed by atoms with Crippen LogP contribution in [0.5, 0.6) is 5.75 Å². The van der Waals surface area contributed by atoms with Crippen molar-refractivity contribution in [3.8, 4) is 5.75 Å². The molecule has 1 atom stereocenters. The Balaban J connectivity index is 1.28. The Morgan fingerprint density at radius 3 is 2.86 bits per heavy atom. The van der Waals surface area contributed by atoms with E-state index < -0.39 is 12.0 Å². The maximum absolute atomic E-state index is 12.0. The number of fused-ring (bicyclic) bond motifs is 2. The topological polar surface area (TPSA) is 113 Å². The monoisotopic (exact) mass is 478 g/mol. The summed E-state index contributed by atoms with van der Waals surface area (Å²) in [6.07, 6.45) is 4.88. The summed E-state index contributed by atoms with van der Waals surface area (Å²) < 4.78 is 5.60. The molecule has 2 aromatic heterocycles. The van der Waals surface area contributed by atoms with Gasteiger partial charge in [-0.15, -0.1) is 0 Å². The van der Waals surface area contributed by atoms with Crippen LogP contribution in [-0.2, 0) is 11.2 Å². The number of benzene rings is 1. The van der Waals surface area contributed by atoms with E-state index in [1.54, 1.807) is 0 Å². The van der Waals surface area contributed by atoms with Crippen LogP contribution in [-0.4, -0.2) is 69.3 Å². The van der Waals surface area contributed by atoms with Gasteiger partial charge in [-0.2, -0.15) is 0 Å². The third-order valence-electron chi connectivity index (χ3n) is 6.28. The molecule has 0 radical (unpaired) electrons. The van der Waals surface area contributed by atoms with E-state index in [4.69, 9.17) is 4.74 Å². The zero-order valence-corrected chi connectivity index (χ0v) is 20.4. The third kappa shape index (κ3) is 6.57. The molecule has 0 aliphatic carbocycles. The summed E-state index contributed by atoms with van der Waals surface area (Å²) in [6.45, 7) is 7.35. The highest BCUT2D eigenvalue weighted by atomic mass is 16.5. The number of ether oxygens (including phenoxy) is 1. The average molecular weight is 479 g/mol. The lowest BCUT2D eigenvalue weighted by molar-refractivity contribution is -0.138. The Labute approximate surface area is 205 Å². The van der Waals surface area contributed by atoms with Crippen molar-refractivity contribution in [1.82, 2.24) is 19.9 Å². The molecule has 1 aromatic carbocycles. The first kappa shape index (κ1) is 24.7. The lowest BCUT2D eigenvalue weighted by Gasteiger charge is -2.28. The number of hydrogen-bond donors (Lipinski definition) is 3. The van der Waals surface area contributed by atoms with Crippen molar-refractivity contribution in [2.24, 2.45) is 0 Å². The highest BCUT2D eigenvalue weighted by Crippen LogP contribution is 2.25. The SMILES string of the molecule is CC(C)N(CCCCc1ccc2c(n1)NCCO2)CC[C@H](Nc1ncnc2ccccc12)C(=O)O. The second-order valence-corrected chi connectivity index (χ2v) is 9.07. The molecule has 3 aromatic rings. The van der Waals surface area contributed by atoms with E-state index in [0.29, 0.717) is 31.4 Å². The third-order valence-corrected chi connectivity index (χ3v) is 6.28. The molecule has 9 nitrogen and oxygen atoms in total. The molecule has 0 saturated carbocycles.